The van der Waals surface area contributed by atoms with Crippen molar-refractivity contribution in [2.75, 3.05) is 12.4 Å². The minimum Gasteiger partial charge on any atom is -0.497 e. The molecule has 0 bridgehead atoms. The summed E-state index contributed by atoms with van der Waals surface area (Å²) in [6.07, 6.45) is 3.85. The van der Waals surface area contributed by atoms with E-state index in [-0.39, 0.29) is 23.9 Å². The van der Waals surface area contributed by atoms with Crippen molar-refractivity contribution in [2.45, 2.75) is 44.3 Å². The molecule has 2 atom stereocenters. The van der Waals surface area contributed by atoms with E-state index in [1.54, 1.807) is 55.6 Å². The number of amides is 2. The highest BCUT2D eigenvalue weighted by Crippen LogP contribution is 2.26. The zero-order valence-electron chi connectivity index (χ0n) is 20.3. The average Bonchev–Trinajstić information content (AvgIpc) is 2.93. The maximum atomic E-state index is 13.5. The predicted molar refractivity (Wildman–Crippen MR) is 139 cm³/mol. The lowest BCUT2D eigenvalue weighted by Gasteiger charge is -2.38. The number of nitrogens with one attached hydrogen (secondary N) is 1. The van der Waals surface area contributed by atoms with Crippen LogP contribution in [0.25, 0.3) is 0 Å². The topological polar surface area (TPSA) is 108 Å². The van der Waals surface area contributed by atoms with Crippen LogP contribution in [0.1, 0.15) is 57.5 Å². The summed E-state index contributed by atoms with van der Waals surface area (Å²) in [4.78, 5) is 28.0. The zero-order valence-corrected chi connectivity index (χ0v) is 20.3. The monoisotopic (exact) mass is 482 g/mol. The second kappa shape index (κ2) is 11.5. The van der Waals surface area contributed by atoms with Crippen molar-refractivity contribution in [2.24, 2.45) is 5.73 Å². The number of hydrogen-bond acceptors (Lipinski definition) is 5. The summed E-state index contributed by atoms with van der Waals surface area (Å²) in [7, 11) is 1.56. The number of anilines is 1. The lowest BCUT2D eigenvalue weighted by molar-refractivity contribution is 0.0583. The Morgan fingerprint density at radius 2 is 1.75 bits per heavy atom. The van der Waals surface area contributed by atoms with Crippen LogP contribution < -0.4 is 15.8 Å². The summed E-state index contributed by atoms with van der Waals surface area (Å²) in [5, 5.41) is 12.0. The summed E-state index contributed by atoms with van der Waals surface area (Å²) in [6, 6.07) is 23.1. The molecule has 7 heteroatoms. The molecule has 0 heterocycles. The van der Waals surface area contributed by atoms with Gasteiger partial charge in [-0.3, -0.25) is 9.59 Å². The number of nitriles is 1. The largest absolute Gasteiger partial charge is 0.497 e. The molecule has 7 nitrogen and oxygen atoms in total. The van der Waals surface area contributed by atoms with Crippen LogP contribution in [0.3, 0.4) is 0 Å². The van der Waals surface area contributed by atoms with Crippen LogP contribution in [-0.2, 0) is 6.54 Å². The molecule has 0 aliphatic heterocycles. The fraction of sp³-hybridized carbons (Fsp3) is 0.276. The van der Waals surface area contributed by atoms with Crippen LogP contribution >= 0.6 is 0 Å². The summed E-state index contributed by atoms with van der Waals surface area (Å²) in [5.41, 5.74) is 9.61. The van der Waals surface area contributed by atoms with Crippen LogP contribution in [0.2, 0.25) is 0 Å². The Morgan fingerprint density at radius 1 is 1.03 bits per heavy atom. The van der Waals surface area contributed by atoms with E-state index < -0.39 is 0 Å². The smallest absolute Gasteiger partial charge is 0.255 e. The molecule has 2 unspecified atom stereocenters. The van der Waals surface area contributed by atoms with Crippen molar-refractivity contribution < 1.29 is 14.3 Å². The third-order valence-electron chi connectivity index (χ3n) is 6.60. The Kier molecular flexibility index (Phi) is 7.99. The molecule has 0 saturated heterocycles. The summed E-state index contributed by atoms with van der Waals surface area (Å²) in [6.45, 7) is 0.404. The normalized spacial score (nSPS) is 17.0. The minimum absolute atomic E-state index is 0.0608. The number of hydrogen-bond donors (Lipinski definition) is 2. The van der Waals surface area contributed by atoms with Gasteiger partial charge in [-0.05, 0) is 73.0 Å². The molecule has 1 aliphatic carbocycles. The number of carbonyl (C=O) groups is 2. The van der Waals surface area contributed by atoms with E-state index in [9.17, 15) is 9.59 Å². The molecule has 3 aromatic rings. The van der Waals surface area contributed by atoms with E-state index in [4.69, 9.17) is 15.7 Å². The van der Waals surface area contributed by atoms with Gasteiger partial charge < -0.3 is 20.7 Å². The first-order chi connectivity index (χ1) is 17.5. The second-order valence-electron chi connectivity index (χ2n) is 9.02. The van der Waals surface area contributed by atoms with E-state index in [1.165, 1.54) is 0 Å². The van der Waals surface area contributed by atoms with Gasteiger partial charge in [-0.1, -0.05) is 31.0 Å². The number of ether oxygens (including phenoxy) is 1. The second-order valence-corrected chi connectivity index (χ2v) is 9.02. The standard InChI is InChI=1S/C29H30N4O3/c1-36-25-6-4-5-23(17-25)28(34)32-24-15-11-21(12-16-24)19-33(27-8-3-2-7-26(27)31)29(35)22-13-9-20(18-30)10-14-22/h4-6,9-17,26-27H,2-3,7-8,19,31H2,1H3,(H,32,34). The van der Waals surface area contributed by atoms with E-state index in [0.29, 0.717) is 34.7 Å². The lowest BCUT2D eigenvalue weighted by Crippen LogP contribution is -2.51. The Bertz CT molecular complexity index is 1250. The van der Waals surface area contributed by atoms with Crippen molar-refractivity contribution in [1.29, 1.82) is 5.26 Å². The first kappa shape index (κ1) is 25.0. The molecule has 0 aromatic heterocycles. The Morgan fingerprint density at radius 3 is 2.42 bits per heavy atom. The molecule has 0 radical (unpaired) electrons. The number of methoxy groups -OCH3 is 1. The van der Waals surface area contributed by atoms with Crippen LogP contribution in [-0.4, -0.2) is 35.9 Å². The van der Waals surface area contributed by atoms with Gasteiger partial charge in [-0.15, -0.1) is 0 Å². The van der Waals surface area contributed by atoms with E-state index in [2.05, 4.69) is 11.4 Å². The predicted octanol–water partition coefficient (Wildman–Crippen LogP) is 4.73. The van der Waals surface area contributed by atoms with Gasteiger partial charge in [0, 0.05) is 35.4 Å². The highest BCUT2D eigenvalue weighted by atomic mass is 16.5. The Hall–Kier alpha value is -4.15. The lowest BCUT2D eigenvalue weighted by atomic mass is 9.89. The molecule has 36 heavy (non-hydrogen) atoms. The summed E-state index contributed by atoms with van der Waals surface area (Å²) < 4.78 is 5.19. The SMILES string of the molecule is COc1cccc(C(=O)Nc2ccc(CN(C(=O)c3ccc(C#N)cc3)C3CCCCC3N)cc2)c1. The molecule has 1 aliphatic rings. The van der Waals surface area contributed by atoms with E-state index in [1.807, 2.05) is 29.2 Å². The first-order valence-corrected chi connectivity index (χ1v) is 12.1. The zero-order chi connectivity index (χ0) is 25.5. The quantitative estimate of drug-likeness (QED) is 0.506. The number of benzene rings is 3. The van der Waals surface area contributed by atoms with Crippen molar-refractivity contribution in [1.82, 2.24) is 4.90 Å². The number of rotatable bonds is 7. The van der Waals surface area contributed by atoms with E-state index >= 15 is 0 Å². The highest BCUT2D eigenvalue weighted by molar-refractivity contribution is 6.04. The maximum Gasteiger partial charge on any atom is 0.255 e. The van der Waals surface area contributed by atoms with Gasteiger partial charge in [-0.2, -0.15) is 5.26 Å². The molecule has 1 saturated carbocycles. The number of nitrogens with two attached hydrogens (primary N) is 1. The van der Waals surface area contributed by atoms with Crippen molar-refractivity contribution in [3.8, 4) is 11.8 Å². The van der Waals surface area contributed by atoms with Crippen LogP contribution in [0, 0.1) is 11.3 Å². The van der Waals surface area contributed by atoms with Gasteiger partial charge in [0.1, 0.15) is 5.75 Å². The van der Waals surface area contributed by atoms with Crippen LogP contribution in [0.5, 0.6) is 5.75 Å². The van der Waals surface area contributed by atoms with Crippen molar-refractivity contribution in [3.05, 3.63) is 95.1 Å². The first-order valence-electron chi connectivity index (χ1n) is 12.1. The molecule has 2 amide bonds. The summed E-state index contributed by atoms with van der Waals surface area (Å²) in [5.74, 6) is 0.288. The van der Waals surface area contributed by atoms with Gasteiger partial charge in [0.2, 0.25) is 0 Å². The molecule has 4 rings (SSSR count). The highest BCUT2D eigenvalue weighted by Gasteiger charge is 2.31. The van der Waals surface area contributed by atoms with Crippen LogP contribution in [0.15, 0.2) is 72.8 Å². The molecule has 184 valence electrons. The van der Waals surface area contributed by atoms with Gasteiger partial charge in [0.05, 0.1) is 18.7 Å². The molecular formula is C29H30N4O3. The fourth-order valence-electron chi connectivity index (χ4n) is 4.58. The maximum absolute atomic E-state index is 13.5. The molecular weight excluding hydrogens is 452 g/mol. The third-order valence-corrected chi connectivity index (χ3v) is 6.60. The average molecular weight is 483 g/mol. The van der Waals surface area contributed by atoms with E-state index in [0.717, 1.165) is 31.2 Å². The number of carbonyl (C=O) groups excluding carboxylic acids is 2. The Labute approximate surface area is 211 Å². The van der Waals surface area contributed by atoms with Crippen molar-refractivity contribution in [3.63, 3.8) is 0 Å². The van der Waals surface area contributed by atoms with Crippen LogP contribution in [0.4, 0.5) is 5.69 Å². The summed E-state index contributed by atoms with van der Waals surface area (Å²) >= 11 is 0. The molecule has 3 aromatic carbocycles. The molecule has 1 fully saturated rings. The molecule has 3 N–H and O–H groups in total. The van der Waals surface area contributed by atoms with Gasteiger partial charge in [0.15, 0.2) is 0 Å². The van der Waals surface area contributed by atoms with Crippen molar-refractivity contribution >= 4 is 17.5 Å². The minimum atomic E-state index is -0.229. The Balaban J connectivity index is 1.50. The fourth-order valence-corrected chi connectivity index (χ4v) is 4.58. The van der Waals surface area contributed by atoms with Gasteiger partial charge in [0.25, 0.3) is 11.8 Å². The molecule has 0 spiro atoms. The number of nitrogens with zero attached hydrogens (tertiary/aromatic N) is 2. The van der Waals surface area contributed by atoms with Gasteiger partial charge in [-0.25, -0.2) is 0 Å². The van der Waals surface area contributed by atoms with Gasteiger partial charge >= 0.3 is 0 Å². The third kappa shape index (κ3) is 5.91.